The molecule has 2 N–H and O–H groups in total. The van der Waals surface area contributed by atoms with Gasteiger partial charge in [-0.15, -0.1) is 0 Å². The Morgan fingerprint density at radius 1 is 1.65 bits per heavy atom. The molecule has 94 valence electrons. The molecule has 1 amide bonds. The van der Waals surface area contributed by atoms with Crippen LogP contribution in [0.1, 0.15) is 17.3 Å². The third kappa shape index (κ3) is 3.59. The lowest BCUT2D eigenvalue weighted by atomic mass is 10.2. The SMILES string of the molecule is CNc1nccc(C(=O)NCC(C)SC)c1F. The second-order valence-corrected chi connectivity index (χ2v) is 4.80. The average Bonchev–Trinajstić information content (AvgIpc) is 2.35. The molecule has 1 rings (SSSR count). The van der Waals surface area contributed by atoms with E-state index in [-0.39, 0.29) is 11.4 Å². The molecule has 1 unspecified atom stereocenters. The number of thioether (sulfide) groups is 1. The number of aromatic nitrogens is 1. The second-order valence-electron chi connectivity index (χ2n) is 3.53. The quantitative estimate of drug-likeness (QED) is 0.843. The normalized spacial score (nSPS) is 12.0. The molecule has 0 aliphatic heterocycles. The number of hydrogen-bond acceptors (Lipinski definition) is 4. The lowest BCUT2D eigenvalue weighted by Crippen LogP contribution is -2.30. The third-order valence-corrected chi connectivity index (χ3v) is 3.29. The Morgan fingerprint density at radius 2 is 2.35 bits per heavy atom. The van der Waals surface area contributed by atoms with Crippen molar-refractivity contribution in [3.8, 4) is 0 Å². The van der Waals surface area contributed by atoms with Gasteiger partial charge in [0.15, 0.2) is 11.6 Å². The molecular weight excluding hydrogens is 241 g/mol. The van der Waals surface area contributed by atoms with Crippen LogP contribution in [0, 0.1) is 5.82 Å². The Bertz CT molecular complexity index is 400. The minimum Gasteiger partial charge on any atom is -0.371 e. The van der Waals surface area contributed by atoms with Gasteiger partial charge in [0, 0.05) is 25.0 Å². The van der Waals surface area contributed by atoms with Crippen molar-refractivity contribution in [2.24, 2.45) is 0 Å². The van der Waals surface area contributed by atoms with E-state index in [0.29, 0.717) is 11.8 Å². The standard InChI is InChI=1S/C11H16FN3OS/c1-7(17-3)6-15-11(16)8-4-5-14-10(13-2)9(8)12/h4-5,7H,6H2,1-3H3,(H,13,14)(H,15,16). The topological polar surface area (TPSA) is 54.0 Å². The summed E-state index contributed by atoms with van der Waals surface area (Å²) >= 11 is 1.64. The maximum Gasteiger partial charge on any atom is 0.254 e. The predicted molar refractivity (Wildman–Crippen MR) is 69.1 cm³/mol. The Balaban J connectivity index is 2.75. The van der Waals surface area contributed by atoms with Gasteiger partial charge < -0.3 is 10.6 Å². The van der Waals surface area contributed by atoms with Crippen molar-refractivity contribution >= 4 is 23.5 Å². The van der Waals surface area contributed by atoms with E-state index in [1.165, 1.54) is 12.3 Å². The maximum atomic E-state index is 13.7. The third-order valence-electron chi connectivity index (χ3n) is 2.32. The molecule has 0 radical (unpaired) electrons. The fourth-order valence-electron chi connectivity index (χ4n) is 1.21. The van der Waals surface area contributed by atoms with Gasteiger partial charge in [-0.2, -0.15) is 11.8 Å². The molecule has 0 spiro atoms. The number of carbonyl (C=O) groups excluding carboxylic acids is 1. The van der Waals surface area contributed by atoms with Gasteiger partial charge in [-0.1, -0.05) is 6.92 Å². The number of halogens is 1. The maximum absolute atomic E-state index is 13.7. The molecule has 1 atom stereocenters. The van der Waals surface area contributed by atoms with Crippen LogP contribution in [0.4, 0.5) is 10.2 Å². The molecule has 0 bridgehead atoms. The van der Waals surface area contributed by atoms with Gasteiger partial charge in [-0.05, 0) is 12.3 Å². The number of carbonyl (C=O) groups is 1. The predicted octanol–water partition coefficient (Wildman–Crippen LogP) is 1.74. The molecule has 1 aromatic heterocycles. The first-order chi connectivity index (χ1) is 8.10. The molecule has 1 heterocycles. The second kappa shape index (κ2) is 6.44. The minimum atomic E-state index is -0.621. The fraction of sp³-hybridized carbons (Fsp3) is 0.455. The Labute approximate surface area is 104 Å². The van der Waals surface area contributed by atoms with Gasteiger partial charge in [0.2, 0.25) is 0 Å². The van der Waals surface area contributed by atoms with Crippen LogP contribution in [0.25, 0.3) is 0 Å². The zero-order valence-electron chi connectivity index (χ0n) is 10.1. The molecule has 17 heavy (non-hydrogen) atoms. The molecule has 0 aliphatic carbocycles. The number of nitrogens with zero attached hydrogens (tertiary/aromatic N) is 1. The summed E-state index contributed by atoms with van der Waals surface area (Å²) in [6.45, 7) is 2.50. The zero-order chi connectivity index (χ0) is 12.8. The van der Waals surface area contributed by atoms with Crippen molar-refractivity contribution in [3.05, 3.63) is 23.6 Å². The molecule has 6 heteroatoms. The Hall–Kier alpha value is -1.30. The van der Waals surface area contributed by atoms with Crippen LogP contribution < -0.4 is 10.6 Å². The summed E-state index contributed by atoms with van der Waals surface area (Å²) in [4.78, 5) is 15.5. The summed E-state index contributed by atoms with van der Waals surface area (Å²) in [5.74, 6) is -0.956. The smallest absolute Gasteiger partial charge is 0.254 e. The molecule has 0 aliphatic rings. The van der Waals surface area contributed by atoms with Crippen molar-refractivity contribution in [2.45, 2.75) is 12.2 Å². The summed E-state index contributed by atoms with van der Waals surface area (Å²) in [6.07, 6.45) is 3.37. The van der Waals surface area contributed by atoms with Crippen molar-refractivity contribution in [3.63, 3.8) is 0 Å². The van der Waals surface area contributed by atoms with Gasteiger partial charge in [0.1, 0.15) is 0 Å². The lowest BCUT2D eigenvalue weighted by molar-refractivity contribution is 0.0950. The highest BCUT2D eigenvalue weighted by molar-refractivity contribution is 7.99. The number of pyridine rings is 1. The summed E-state index contributed by atoms with van der Waals surface area (Å²) in [5, 5.41) is 5.58. The largest absolute Gasteiger partial charge is 0.371 e. The van der Waals surface area contributed by atoms with E-state index in [1.54, 1.807) is 18.8 Å². The van der Waals surface area contributed by atoms with Crippen molar-refractivity contribution in [1.29, 1.82) is 0 Å². The van der Waals surface area contributed by atoms with E-state index in [0.717, 1.165) is 0 Å². The van der Waals surface area contributed by atoms with E-state index in [4.69, 9.17) is 0 Å². The van der Waals surface area contributed by atoms with E-state index in [1.807, 2.05) is 13.2 Å². The van der Waals surface area contributed by atoms with Crippen molar-refractivity contribution in [1.82, 2.24) is 10.3 Å². The number of nitrogens with one attached hydrogen (secondary N) is 2. The van der Waals surface area contributed by atoms with Gasteiger partial charge in [-0.3, -0.25) is 4.79 Å². The minimum absolute atomic E-state index is 0.0117. The average molecular weight is 257 g/mol. The summed E-state index contributed by atoms with van der Waals surface area (Å²) in [6, 6.07) is 1.37. The Morgan fingerprint density at radius 3 is 2.94 bits per heavy atom. The van der Waals surface area contributed by atoms with E-state index in [2.05, 4.69) is 15.6 Å². The summed E-state index contributed by atoms with van der Waals surface area (Å²) in [7, 11) is 1.56. The first kappa shape index (κ1) is 13.8. The molecule has 0 saturated carbocycles. The first-order valence-electron chi connectivity index (χ1n) is 5.23. The van der Waals surface area contributed by atoms with E-state index >= 15 is 0 Å². The van der Waals surface area contributed by atoms with E-state index in [9.17, 15) is 9.18 Å². The number of rotatable bonds is 5. The van der Waals surface area contributed by atoms with Crippen LogP contribution in [-0.4, -0.2) is 36.0 Å². The first-order valence-corrected chi connectivity index (χ1v) is 6.52. The van der Waals surface area contributed by atoms with Crippen LogP contribution in [0.5, 0.6) is 0 Å². The van der Waals surface area contributed by atoms with Crippen LogP contribution in [0.15, 0.2) is 12.3 Å². The lowest BCUT2D eigenvalue weighted by Gasteiger charge is -2.11. The van der Waals surface area contributed by atoms with Crippen molar-refractivity contribution < 1.29 is 9.18 Å². The molecule has 0 aromatic carbocycles. The molecule has 0 saturated heterocycles. The highest BCUT2D eigenvalue weighted by Crippen LogP contribution is 2.14. The van der Waals surface area contributed by atoms with Gasteiger partial charge in [-0.25, -0.2) is 9.37 Å². The highest BCUT2D eigenvalue weighted by Gasteiger charge is 2.15. The van der Waals surface area contributed by atoms with Crippen LogP contribution in [0.2, 0.25) is 0 Å². The van der Waals surface area contributed by atoms with Crippen LogP contribution in [-0.2, 0) is 0 Å². The van der Waals surface area contributed by atoms with E-state index < -0.39 is 11.7 Å². The summed E-state index contributed by atoms with van der Waals surface area (Å²) in [5.41, 5.74) is 0.0117. The molecule has 1 aromatic rings. The van der Waals surface area contributed by atoms with Crippen LogP contribution >= 0.6 is 11.8 Å². The highest BCUT2D eigenvalue weighted by atomic mass is 32.2. The fourth-order valence-corrected chi connectivity index (χ4v) is 1.46. The number of anilines is 1. The number of amides is 1. The van der Waals surface area contributed by atoms with Crippen molar-refractivity contribution in [2.75, 3.05) is 25.2 Å². The summed E-state index contributed by atoms with van der Waals surface area (Å²) < 4.78 is 13.7. The van der Waals surface area contributed by atoms with Gasteiger partial charge in [0.25, 0.3) is 5.91 Å². The van der Waals surface area contributed by atoms with Gasteiger partial charge in [0.05, 0.1) is 5.56 Å². The molecule has 0 fully saturated rings. The van der Waals surface area contributed by atoms with Crippen LogP contribution in [0.3, 0.4) is 0 Å². The molecular formula is C11H16FN3OS. The monoisotopic (exact) mass is 257 g/mol. The van der Waals surface area contributed by atoms with Gasteiger partial charge >= 0.3 is 0 Å². The zero-order valence-corrected chi connectivity index (χ0v) is 10.9. The number of hydrogen-bond donors (Lipinski definition) is 2. The molecule has 4 nitrogen and oxygen atoms in total. The Kier molecular flexibility index (Phi) is 5.21.